The molecule has 1 aliphatic heterocycles. The molecule has 6 nitrogen and oxygen atoms in total. The Kier molecular flexibility index (Phi) is 6.55. The maximum absolute atomic E-state index is 5.48. The van der Waals surface area contributed by atoms with E-state index in [9.17, 15) is 0 Å². The molecular weight excluding hydrogens is 362 g/mol. The van der Waals surface area contributed by atoms with Gasteiger partial charge in [0.25, 0.3) is 0 Å². The molecule has 0 amide bonds. The Labute approximate surface area is 172 Å². The number of nitrogens with zero attached hydrogens (tertiary/aromatic N) is 3. The zero-order chi connectivity index (χ0) is 19.7. The second-order valence-electron chi connectivity index (χ2n) is 7.05. The van der Waals surface area contributed by atoms with E-state index in [4.69, 9.17) is 4.74 Å². The highest BCUT2D eigenvalue weighted by molar-refractivity contribution is 5.74. The first-order chi connectivity index (χ1) is 14.4. The molecule has 0 spiro atoms. The minimum Gasteiger partial charge on any atom is -0.378 e. The minimum atomic E-state index is 0.763. The lowest BCUT2D eigenvalue weighted by Gasteiger charge is -2.30. The molecular formula is C23H27N5O. The minimum absolute atomic E-state index is 0.763. The quantitative estimate of drug-likeness (QED) is 0.566. The molecule has 150 valence electrons. The summed E-state index contributed by atoms with van der Waals surface area (Å²) in [7, 11) is 0. The summed E-state index contributed by atoms with van der Waals surface area (Å²) < 4.78 is 5.48. The van der Waals surface area contributed by atoms with Crippen LogP contribution in [0.1, 0.15) is 12.0 Å². The highest BCUT2D eigenvalue weighted by atomic mass is 16.5. The zero-order valence-corrected chi connectivity index (χ0v) is 16.6. The number of hydrogen-bond donors (Lipinski definition) is 2. The van der Waals surface area contributed by atoms with E-state index in [0.29, 0.717) is 0 Å². The maximum Gasteiger partial charge on any atom is 0.135 e. The average Bonchev–Trinajstić information content (AvgIpc) is 2.79. The van der Waals surface area contributed by atoms with Gasteiger partial charge in [-0.1, -0.05) is 42.5 Å². The first kappa shape index (κ1) is 19.2. The smallest absolute Gasteiger partial charge is 0.135 e. The predicted octanol–water partition coefficient (Wildman–Crippen LogP) is 4.10. The van der Waals surface area contributed by atoms with Crippen LogP contribution in [0.3, 0.4) is 0 Å². The third-order valence-corrected chi connectivity index (χ3v) is 4.98. The molecule has 0 unspecified atom stereocenters. The first-order valence-corrected chi connectivity index (χ1v) is 10.2. The molecule has 0 radical (unpaired) electrons. The number of ether oxygens (including phenoxy) is 1. The standard InChI is InChI=1S/C23H27N5O/c1-2-7-19(8-3-1)9-6-12-24-22-17-23(26-18-25-22)27-20-10-4-5-11-21(20)28-13-15-29-16-14-28/h1-5,7-8,10-11,17-18H,6,9,12-16H2,(H2,24,25,26,27). The van der Waals surface area contributed by atoms with Crippen LogP contribution in [0.5, 0.6) is 0 Å². The molecule has 2 heterocycles. The topological polar surface area (TPSA) is 62.3 Å². The molecule has 1 saturated heterocycles. The number of para-hydroxylation sites is 2. The van der Waals surface area contributed by atoms with Crippen molar-refractivity contribution in [2.75, 3.05) is 48.4 Å². The molecule has 0 aliphatic carbocycles. The fraction of sp³-hybridized carbons (Fsp3) is 0.304. The van der Waals surface area contributed by atoms with Crippen molar-refractivity contribution in [3.05, 3.63) is 72.6 Å². The lowest BCUT2D eigenvalue weighted by molar-refractivity contribution is 0.123. The van der Waals surface area contributed by atoms with Gasteiger partial charge in [-0.25, -0.2) is 9.97 Å². The summed E-state index contributed by atoms with van der Waals surface area (Å²) in [6.07, 6.45) is 3.70. The fourth-order valence-corrected chi connectivity index (χ4v) is 3.47. The van der Waals surface area contributed by atoms with Crippen LogP contribution in [-0.2, 0) is 11.2 Å². The van der Waals surface area contributed by atoms with E-state index in [1.54, 1.807) is 6.33 Å². The Morgan fingerprint density at radius 2 is 1.66 bits per heavy atom. The Morgan fingerprint density at radius 1 is 0.897 bits per heavy atom. The van der Waals surface area contributed by atoms with Crippen molar-refractivity contribution >= 4 is 23.0 Å². The average molecular weight is 390 g/mol. The first-order valence-electron chi connectivity index (χ1n) is 10.2. The van der Waals surface area contributed by atoms with Gasteiger partial charge in [0.2, 0.25) is 0 Å². The van der Waals surface area contributed by atoms with Crippen molar-refractivity contribution in [2.24, 2.45) is 0 Å². The number of hydrogen-bond acceptors (Lipinski definition) is 6. The molecule has 1 aromatic heterocycles. The van der Waals surface area contributed by atoms with Crippen LogP contribution in [0.4, 0.5) is 23.0 Å². The van der Waals surface area contributed by atoms with Gasteiger partial charge in [0.15, 0.2) is 0 Å². The molecule has 2 N–H and O–H groups in total. The number of anilines is 4. The van der Waals surface area contributed by atoms with Gasteiger partial charge in [0, 0.05) is 25.7 Å². The predicted molar refractivity (Wildman–Crippen MR) is 118 cm³/mol. The van der Waals surface area contributed by atoms with Crippen molar-refractivity contribution < 1.29 is 4.74 Å². The van der Waals surface area contributed by atoms with Gasteiger partial charge < -0.3 is 20.3 Å². The van der Waals surface area contributed by atoms with Crippen LogP contribution < -0.4 is 15.5 Å². The third kappa shape index (κ3) is 5.45. The molecule has 3 aromatic rings. The van der Waals surface area contributed by atoms with E-state index in [1.165, 1.54) is 11.3 Å². The van der Waals surface area contributed by atoms with Crippen molar-refractivity contribution in [3.8, 4) is 0 Å². The van der Waals surface area contributed by atoms with Crippen molar-refractivity contribution in [3.63, 3.8) is 0 Å². The van der Waals surface area contributed by atoms with Crippen molar-refractivity contribution in [2.45, 2.75) is 12.8 Å². The normalized spacial score (nSPS) is 13.9. The number of benzene rings is 2. The fourth-order valence-electron chi connectivity index (χ4n) is 3.47. The van der Waals surface area contributed by atoms with Crippen molar-refractivity contribution in [1.82, 2.24) is 9.97 Å². The number of rotatable bonds is 8. The SMILES string of the molecule is c1ccc(CCCNc2cc(Nc3ccccc3N3CCOCC3)ncn2)cc1. The summed E-state index contributed by atoms with van der Waals surface area (Å²) in [6.45, 7) is 4.20. The molecule has 0 saturated carbocycles. The lowest BCUT2D eigenvalue weighted by atomic mass is 10.1. The van der Waals surface area contributed by atoms with E-state index >= 15 is 0 Å². The summed E-state index contributed by atoms with van der Waals surface area (Å²) in [5.41, 5.74) is 3.58. The van der Waals surface area contributed by atoms with Crippen molar-refractivity contribution in [1.29, 1.82) is 0 Å². The zero-order valence-electron chi connectivity index (χ0n) is 16.6. The number of nitrogens with one attached hydrogen (secondary N) is 2. The lowest BCUT2D eigenvalue weighted by Crippen LogP contribution is -2.36. The number of morpholine rings is 1. The van der Waals surface area contributed by atoms with E-state index in [0.717, 1.165) is 63.0 Å². The van der Waals surface area contributed by atoms with E-state index in [-0.39, 0.29) is 0 Å². The second-order valence-corrected chi connectivity index (χ2v) is 7.05. The van der Waals surface area contributed by atoms with Crippen LogP contribution in [-0.4, -0.2) is 42.8 Å². The summed E-state index contributed by atoms with van der Waals surface area (Å²) in [4.78, 5) is 11.1. The Balaban J connectivity index is 1.35. The third-order valence-electron chi connectivity index (χ3n) is 4.98. The molecule has 4 rings (SSSR count). The molecule has 0 bridgehead atoms. The summed E-state index contributed by atoms with van der Waals surface area (Å²) in [5.74, 6) is 1.62. The molecule has 6 heteroatoms. The molecule has 1 fully saturated rings. The molecule has 1 aliphatic rings. The van der Waals surface area contributed by atoms with E-state index in [2.05, 4.69) is 68.0 Å². The van der Waals surface area contributed by atoms with Crippen LogP contribution in [0.25, 0.3) is 0 Å². The number of aryl methyl sites for hydroxylation is 1. The van der Waals surface area contributed by atoms with Crippen LogP contribution >= 0.6 is 0 Å². The number of aromatic nitrogens is 2. The molecule has 29 heavy (non-hydrogen) atoms. The Bertz CT molecular complexity index is 897. The highest BCUT2D eigenvalue weighted by Crippen LogP contribution is 2.29. The molecule has 0 atom stereocenters. The van der Waals surface area contributed by atoms with Gasteiger partial charge >= 0.3 is 0 Å². The van der Waals surface area contributed by atoms with Gasteiger partial charge in [-0.15, -0.1) is 0 Å². The summed E-state index contributed by atoms with van der Waals surface area (Å²) >= 11 is 0. The highest BCUT2D eigenvalue weighted by Gasteiger charge is 2.14. The van der Waals surface area contributed by atoms with Gasteiger partial charge in [0.1, 0.15) is 18.0 Å². The van der Waals surface area contributed by atoms with E-state index < -0.39 is 0 Å². The van der Waals surface area contributed by atoms with Crippen LogP contribution in [0.2, 0.25) is 0 Å². The largest absolute Gasteiger partial charge is 0.378 e. The van der Waals surface area contributed by atoms with Gasteiger partial charge in [-0.3, -0.25) is 0 Å². The van der Waals surface area contributed by atoms with Crippen LogP contribution in [0.15, 0.2) is 67.0 Å². The summed E-state index contributed by atoms with van der Waals surface area (Å²) in [6, 6.07) is 20.8. The van der Waals surface area contributed by atoms with Crippen LogP contribution in [0, 0.1) is 0 Å². The second kappa shape index (κ2) is 9.89. The van der Waals surface area contributed by atoms with Gasteiger partial charge in [-0.05, 0) is 30.5 Å². The molecule has 2 aromatic carbocycles. The Hall–Kier alpha value is -3.12. The maximum atomic E-state index is 5.48. The Morgan fingerprint density at radius 3 is 2.52 bits per heavy atom. The van der Waals surface area contributed by atoms with Gasteiger partial charge in [0.05, 0.1) is 24.6 Å². The van der Waals surface area contributed by atoms with Gasteiger partial charge in [-0.2, -0.15) is 0 Å². The van der Waals surface area contributed by atoms with E-state index in [1.807, 2.05) is 18.2 Å². The summed E-state index contributed by atoms with van der Waals surface area (Å²) in [5, 5.41) is 6.85. The monoisotopic (exact) mass is 389 g/mol.